The van der Waals surface area contributed by atoms with Crippen LogP contribution in [0.4, 0.5) is 0 Å². The molecule has 1 saturated heterocycles. The number of fused-ring (bicyclic) bond motifs is 1. The number of aryl methyl sites for hydroxylation is 1. The van der Waals surface area contributed by atoms with Gasteiger partial charge in [-0.25, -0.2) is 0 Å². The zero-order valence-electron chi connectivity index (χ0n) is 13.5. The largest absolute Gasteiger partial charge is 0.328 e. The van der Waals surface area contributed by atoms with E-state index in [-0.39, 0.29) is 5.54 Å². The van der Waals surface area contributed by atoms with Crippen LogP contribution in [0.1, 0.15) is 36.8 Å². The quantitative estimate of drug-likeness (QED) is 0.925. The number of hydrogen-bond donors (Lipinski definition) is 1. The molecule has 1 aromatic carbocycles. The van der Waals surface area contributed by atoms with Crippen LogP contribution in [-0.4, -0.2) is 49.6 Å². The monoisotopic (exact) mass is 287 g/mol. The maximum Gasteiger partial charge on any atom is 0.0586 e. The van der Waals surface area contributed by atoms with Gasteiger partial charge in [-0.3, -0.25) is 4.90 Å². The maximum absolute atomic E-state index is 6.34. The number of benzene rings is 1. The van der Waals surface area contributed by atoms with Crippen LogP contribution >= 0.6 is 0 Å². The van der Waals surface area contributed by atoms with Crippen LogP contribution in [0.15, 0.2) is 24.3 Å². The van der Waals surface area contributed by atoms with Crippen LogP contribution in [0.2, 0.25) is 0 Å². The third-order valence-corrected chi connectivity index (χ3v) is 5.80. The standard InChI is InChI=1S/C18H29N3/c1-20-12-9-16(10-13-20)21(2)18(14-19)11-5-7-15-6-3-4-8-17(15)18/h3-4,6,8,16H,5,7,9-14,19H2,1-2H3. The van der Waals surface area contributed by atoms with Gasteiger partial charge < -0.3 is 10.6 Å². The maximum atomic E-state index is 6.34. The molecule has 1 heterocycles. The normalized spacial score (nSPS) is 27.8. The Balaban J connectivity index is 1.90. The first-order valence-corrected chi connectivity index (χ1v) is 8.37. The van der Waals surface area contributed by atoms with E-state index < -0.39 is 0 Å². The lowest BCUT2D eigenvalue weighted by Gasteiger charge is -2.50. The molecule has 0 aromatic heterocycles. The Hall–Kier alpha value is -0.900. The summed E-state index contributed by atoms with van der Waals surface area (Å²) in [7, 11) is 4.54. The van der Waals surface area contributed by atoms with Gasteiger partial charge in [0, 0.05) is 12.6 Å². The minimum Gasteiger partial charge on any atom is -0.328 e. The number of nitrogens with two attached hydrogens (primary N) is 1. The molecule has 0 amide bonds. The molecule has 0 saturated carbocycles. The summed E-state index contributed by atoms with van der Waals surface area (Å²) < 4.78 is 0. The fourth-order valence-corrected chi connectivity index (χ4v) is 4.35. The van der Waals surface area contributed by atoms with E-state index in [9.17, 15) is 0 Å². The van der Waals surface area contributed by atoms with Crippen molar-refractivity contribution in [2.75, 3.05) is 33.7 Å². The second-order valence-corrected chi connectivity index (χ2v) is 6.89. The average molecular weight is 287 g/mol. The van der Waals surface area contributed by atoms with Gasteiger partial charge in [0.05, 0.1) is 5.54 Å². The third kappa shape index (κ3) is 2.63. The predicted octanol–water partition coefficient (Wildman–Crippen LogP) is 2.20. The van der Waals surface area contributed by atoms with Crippen molar-refractivity contribution in [1.82, 2.24) is 9.80 Å². The van der Waals surface area contributed by atoms with Crippen molar-refractivity contribution in [1.29, 1.82) is 0 Å². The first-order chi connectivity index (χ1) is 10.2. The molecule has 1 aromatic rings. The topological polar surface area (TPSA) is 32.5 Å². The molecule has 1 unspecified atom stereocenters. The van der Waals surface area contributed by atoms with Crippen LogP contribution in [0.3, 0.4) is 0 Å². The highest BCUT2D eigenvalue weighted by Crippen LogP contribution is 2.40. The van der Waals surface area contributed by atoms with Crippen LogP contribution in [0.5, 0.6) is 0 Å². The van der Waals surface area contributed by atoms with Crippen molar-refractivity contribution in [2.24, 2.45) is 5.73 Å². The summed E-state index contributed by atoms with van der Waals surface area (Å²) in [4.78, 5) is 5.06. The lowest BCUT2D eigenvalue weighted by Crippen LogP contribution is -2.57. The molecule has 1 aliphatic carbocycles. The molecular formula is C18H29N3. The number of rotatable bonds is 3. The van der Waals surface area contributed by atoms with E-state index in [0.29, 0.717) is 6.04 Å². The van der Waals surface area contributed by atoms with Gasteiger partial charge in [-0.15, -0.1) is 0 Å². The molecule has 1 fully saturated rings. The smallest absolute Gasteiger partial charge is 0.0586 e. The number of hydrogen-bond acceptors (Lipinski definition) is 3. The molecule has 21 heavy (non-hydrogen) atoms. The van der Waals surface area contributed by atoms with Gasteiger partial charge in [0.2, 0.25) is 0 Å². The molecule has 1 atom stereocenters. The van der Waals surface area contributed by atoms with Crippen molar-refractivity contribution in [3.05, 3.63) is 35.4 Å². The van der Waals surface area contributed by atoms with Crippen LogP contribution in [-0.2, 0) is 12.0 Å². The lowest BCUT2D eigenvalue weighted by molar-refractivity contribution is 0.0291. The van der Waals surface area contributed by atoms with Crippen molar-refractivity contribution in [3.63, 3.8) is 0 Å². The molecule has 2 aliphatic rings. The van der Waals surface area contributed by atoms with E-state index in [1.807, 2.05) is 0 Å². The van der Waals surface area contributed by atoms with Crippen molar-refractivity contribution < 1.29 is 0 Å². The van der Waals surface area contributed by atoms with Crippen molar-refractivity contribution >= 4 is 0 Å². The van der Waals surface area contributed by atoms with Gasteiger partial charge in [-0.2, -0.15) is 0 Å². The van der Waals surface area contributed by atoms with Crippen LogP contribution in [0, 0.1) is 0 Å². The SMILES string of the molecule is CN1CCC(N(C)C2(CN)CCCc3ccccc32)CC1. The molecule has 3 heteroatoms. The van der Waals surface area contributed by atoms with Gasteiger partial charge >= 0.3 is 0 Å². The van der Waals surface area contributed by atoms with Crippen LogP contribution < -0.4 is 5.73 Å². The number of piperidine rings is 1. The Morgan fingerprint density at radius 1 is 1.29 bits per heavy atom. The zero-order valence-corrected chi connectivity index (χ0v) is 13.5. The summed E-state index contributed by atoms with van der Waals surface area (Å²) in [6, 6.07) is 9.61. The number of likely N-dealkylation sites (N-methyl/N-ethyl adjacent to an activating group) is 1. The van der Waals surface area contributed by atoms with E-state index >= 15 is 0 Å². The van der Waals surface area contributed by atoms with E-state index in [1.165, 1.54) is 56.3 Å². The minimum absolute atomic E-state index is 0.0510. The number of likely N-dealkylation sites (tertiary alicyclic amines) is 1. The molecule has 3 rings (SSSR count). The lowest BCUT2D eigenvalue weighted by atomic mass is 9.74. The Bertz CT molecular complexity index is 479. The van der Waals surface area contributed by atoms with Gasteiger partial charge in [0.25, 0.3) is 0 Å². The fraction of sp³-hybridized carbons (Fsp3) is 0.667. The Kier molecular flexibility index (Phi) is 4.34. The number of nitrogens with zero attached hydrogens (tertiary/aromatic N) is 2. The summed E-state index contributed by atoms with van der Waals surface area (Å²) in [6.07, 6.45) is 6.18. The van der Waals surface area contributed by atoms with E-state index in [4.69, 9.17) is 5.73 Å². The molecule has 3 nitrogen and oxygen atoms in total. The second kappa shape index (κ2) is 6.07. The van der Waals surface area contributed by atoms with E-state index in [1.54, 1.807) is 0 Å². The van der Waals surface area contributed by atoms with Crippen molar-refractivity contribution in [2.45, 2.75) is 43.7 Å². The highest BCUT2D eigenvalue weighted by Gasteiger charge is 2.41. The Morgan fingerprint density at radius 3 is 2.71 bits per heavy atom. The summed E-state index contributed by atoms with van der Waals surface area (Å²) in [6.45, 7) is 3.14. The molecule has 0 spiro atoms. The van der Waals surface area contributed by atoms with Crippen molar-refractivity contribution in [3.8, 4) is 0 Å². The Morgan fingerprint density at radius 2 is 2.00 bits per heavy atom. The molecule has 0 bridgehead atoms. The van der Waals surface area contributed by atoms with E-state index in [2.05, 4.69) is 48.2 Å². The van der Waals surface area contributed by atoms with Gasteiger partial charge in [0.15, 0.2) is 0 Å². The highest BCUT2D eigenvalue weighted by atomic mass is 15.2. The summed E-state index contributed by atoms with van der Waals surface area (Å²) >= 11 is 0. The first kappa shape index (κ1) is 15.0. The van der Waals surface area contributed by atoms with Gasteiger partial charge in [0.1, 0.15) is 0 Å². The average Bonchev–Trinajstić information content (AvgIpc) is 2.54. The summed E-state index contributed by atoms with van der Waals surface area (Å²) in [5, 5.41) is 0. The molecule has 0 radical (unpaired) electrons. The molecular weight excluding hydrogens is 258 g/mol. The zero-order chi connectivity index (χ0) is 14.9. The fourth-order valence-electron chi connectivity index (χ4n) is 4.35. The second-order valence-electron chi connectivity index (χ2n) is 6.89. The highest BCUT2D eigenvalue weighted by molar-refractivity contribution is 5.37. The van der Waals surface area contributed by atoms with Gasteiger partial charge in [-0.1, -0.05) is 24.3 Å². The summed E-state index contributed by atoms with van der Waals surface area (Å²) in [5.74, 6) is 0. The summed E-state index contributed by atoms with van der Waals surface area (Å²) in [5.41, 5.74) is 9.38. The third-order valence-electron chi connectivity index (χ3n) is 5.80. The Labute approximate surface area is 129 Å². The molecule has 116 valence electrons. The van der Waals surface area contributed by atoms with E-state index in [0.717, 1.165) is 6.54 Å². The van der Waals surface area contributed by atoms with Gasteiger partial charge in [-0.05, 0) is 70.4 Å². The first-order valence-electron chi connectivity index (χ1n) is 8.37. The predicted molar refractivity (Wildman–Crippen MR) is 88.4 cm³/mol. The molecule has 1 aliphatic heterocycles. The van der Waals surface area contributed by atoms with Crippen LogP contribution in [0.25, 0.3) is 0 Å². The minimum atomic E-state index is 0.0510. The molecule has 2 N–H and O–H groups in total.